The van der Waals surface area contributed by atoms with Crippen LogP contribution in [0.2, 0.25) is 0 Å². The maximum atomic E-state index is 11.9. The molecular formula is C18H25NO3S. The van der Waals surface area contributed by atoms with Crippen molar-refractivity contribution < 1.29 is 13.2 Å². The largest absolute Gasteiger partial charge is 0.352 e. The highest BCUT2D eigenvalue weighted by Gasteiger charge is 2.28. The Labute approximate surface area is 138 Å². The summed E-state index contributed by atoms with van der Waals surface area (Å²) < 4.78 is 22.8. The minimum atomic E-state index is -2.93. The maximum absolute atomic E-state index is 11.9. The van der Waals surface area contributed by atoms with Gasteiger partial charge in [-0.05, 0) is 61.6 Å². The van der Waals surface area contributed by atoms with Gasteiger partial charge in [0, 0.05) is 12.5 Å². The fraction of sp³-hybridized carbons (Fsp3) is 0.611. The fourth-order valence-corrected chi connectivity index (χ4v) is 5.28. The van der Waals surface area contributed by atoms with Crippen LogP contribution in [-0.2, 0) is 33.9 Å². The molecule has 1 aliphatic carbocycles. The lowest BCUT2D eigenvalue weighted by atomic mass is 9.89. The highest BCUT2D eigenvalue weighted by molar-refractivity contribution is 7.91. The zero-order chi connectivity index (χ0) is 16.3. The van der Waals surface area contributed by atoms with Gasteiger partial charge in [0.2, 0.25) is 5.91 Å². The Morgan fingerprint density at radius 2 is 1.96 bits per heavy atom. The van der Waals surface area contributed by atoms with Gasteiger partial charge in [-0.25, -0.2) is 8.42 Å². The summed E-state index contributed by atoms with van der Waals surface area (Å²) in [5, 5.41) is 2.85. The number of rotatable bonds is 5. The molecule has 0 bridgehead atoms. The van der Waals surface area contributed by atoms with Crippen molar-refractivity contribution in [3.8, 4) is 0 Å². The number of sulfone groups is 1. The first-order valence-corrected chi connectivity index (χ1v) is 10.4. The summed E-state index contributed by atoms with van der Waals surface area (Å²) in [5.74, 6) is 0.279. The fourth-order valence-electron chi connectivity index (χ4n) is 3.60. The van der Waals surface area contributed by atoms with Crippen molar-refractivity contribution in [3.05, 3.63) is 34.9 Å². The molecule has 0 saturated carbocycles. The number of carbonyl (C=O) groups excluding carboxylic acids is 1. The third-order valence-electron chi connectivity index (χ3n) is 4.88. The Bertz CT molecular complexity index is 682. The Morgan fingerprint density at radius 1 is 1.17 bits per heavy atom. The van der Waals surface area contributed by atoms with E-state index in [0.717, 1.165) is 12.8 Å². The minimum absolute atomic E-state index is 0.0231. The van der Waals surface area contributed by atoms with Crippen LogP contribution in [-0.4, -0.2) is 31.9 Å². The molecule has 0 radical (unpaired) electrons. The molecule has 5 heteroatoms. The molecule has 0 aromatic heterocycles. The SMILES string of the molecule is O=C(CCCc1ccc2c(c1)CCCC2)NC1CCS(=O)(=O)C1. The van der Waals surface area contributed by atoms with Gasteiger partial charge in [-0.3, -0.25) is 4.79 Å². The van der Waals surface area contributed by atoms with Crippen LogP contribution in [0.5, 0.6) is 0 Å². The molecule has 1 atom stereocenters. The van der Waals surface area contributed by atoms with Crippen LogP contribution in [0.3, 0.4) is 0 Å². The third-order valence-corrected chi connectivity index (χ3v) is 6.65. The zero-order valence-corrected chi connectivity index (χ0v) is 14.3. The van der Waals surface area contributed by atoms with Crippen molar-refractivity contribution in [2.45, 2.75) is 57.4 Å². The van der Waals surface area contributed by atoms with E-state index in [1.165, 1.54) is 42.4 Å². The lowest BCUT2D eigenvalue weighted by molar-refractivity contribution is -0.121. The first-order valence-electron chi connectivity index (χ1n) is 8.62. The van der Waals surface area contributed by atoms with Crippen LogP contribution in [0.25, 0.3) is 0 Å². The number of nitrogens with one attached hydrogen (secondary N) is 1. The van der Waals surface area contributed by atoms with Crippen LogP contribution >= 0.6 is 0 Å². The second kappa shape index (κ2) is 7.04. The number of carbonyl (C=O) groups is 1. The quantitative estimate of drug-likeness (QED) is 0.897. The first kappa shape index (κ1) is 16.5. The molecule has 3 rings (SSSR count). The molecule has 1 heterocycles. The second-order valence-corrected chi connectivity index (χ2v) is 9.06. The molecule has 1 unspecified atom stereocenters. The molecule has 23 heavy (non-hydrogen) atoms. The van der Waals surface area contributed by atoms with E-state index in [0.29, 0.717) is 12.8 Å². The Kier molecular flexibility index (Phi) is 5.05. The van der Waals surface area contributed by atoms with E-state index in [2.05, 4.69) is 23.5 Å². The van der Waals surface area contributed by atoms with E-state index in [1.54, 1.807) is 0 Å². The van der Waals surface area contributed by atoms with Gasteiger partial charge in [-0.2, -0.15) is 0 Å². The van der Waals surface area contributed by atoms with Crippen molar-refractivity contribution in [2.24, 2.45) is 0 Å². The van der Waals surface area contributed by atoms with Crippen molar-refractivity contribution >= 4 is 15.7 Å². The smallest absolute Gasteiger partial charge is 0.220 e. The number of aryl methyl sites for hydroxylation is 3. The number of hydrogen-bond acceptors (Lipinski definition) is 3. The predicted octanol–water partition coefficient (Wildman–Crippen LogP) is 2.19. The van der Waals surface area contributed by atoms with E-state index in [4.69, 9.17) is 0 Å². The zero-order valence-electron chi connectivity index (χ0n) is 13.5. The molecule has 1 N–H and O–H groups in total. The van der Waals surface area contributed by atoms with E-state index in [1.807, 2.05) is 0 Å². The summed E-state index contributed by atoms with van der Waals surface area (Å²) >= 11 is 0. The maximum Gasteiger partial charge on any atom is 0.220 e. The van der Waals surface area contributed by atoms with Crippen molar-refractivity contribution in [1.29, 1.82) is 0 Å². The van der Waals surface area contributed by atoms with Crippen molar-refractivity contribution in [3.63, 3.8) is 0 Å². The van der Waals surface area contributed by atoms with Gasteiger partial charge in [0.05, 0.1) is 11.5 Å². The van der Waals surface area contributed by atoms with E-state index >= 15 is 0 Å². The minimum Gasteiger partial charge on any atom is -0.352 e. The van der Waals surface area contributed by atoms with Gasteiger partial charge in [0.15, 0.2) is 9.84 Å². The highest BCUT2D eigenvalue weighted by Crippen LogP contribution is 2.23. The molecule has 1 aromatic rings. The van der Waals surface area contributed by atoms with Crippen molar-refractivity contribution in [1.82, 2.24) is 5.32 Å². The van der Waals surface area contributed by atoms with E-state index in [9.17, 15) is 13.2 Å². The van der Waals surface area contributed by atoms with Crippen LogP contribution in [0.15, 0.2) is 18.2 Å². The lowest BCUT2D eigenvalue weighted by Gasteiger charge is -2.16. The van der Waals surface area contributed by atoms with Crippen LogP contribution in [0, 0.1) is 0 Å². The molecule has 1 aliphatic heterocycles. The summed E-state index contributed by atoms with van der Waals surface area (Å²) in [5.41, 5.74) is 4.27. The van der Waals surface area contributed by atoms with Gasteiger partial charge in [-0.1, -0.05) is 18.2 Å². The third kappa shape index (κ3) is 4.56. The number of hydrogen-bond donors (Lipinski definition) is 1. The van der Waals surface area contributed by atoms with Gasteiger partial charge in [-0.15, -0.1) is 0 Å². The number of benzene rings is 1. The van der Waals surface area contributed by atoms with Crippen LogP contribution in [0.4, 0.5) is 0 Å². The Morgan fingerprint density at radius 3 is 2.70 bits per heavy atom. The second-order valence-electron chi connectivity index (χ2n) is 6.83. The summed E-state index contributed by atoms with van der Waals surface area (Å²) in [6.07, 6.45) is 7.69. The number of amides is 1. The van der Waals surface area contributed by atoms with Gasteiger partial charge >= 0.3 is 0 Å². The van der Waals surface area contributed by atoms with Gasteiger partial charge in [0.25, 0.3) is 0 Å². The molecule has 1 aromatic carbocycles. The highest BCUT2D eigenvalue weighted by atomic mass is 32.2. The Balaban J connectivity index is 1.43. The molecule has 1 amide bonds. The Hall–Kier alpha value is -1.36. The topological polar surface area (TPSA) is 63.2 Å². The molecule has 4 nitrogen and oxygen atoms in total. The van der Waals surface area contributed by atoms with Crippen LogP contribution < -0.4 is 5.32 Å². The summed E-state index contributed by atoms with van der Waals surface area (Å²) in [7, 11) is -2.93. The van der Waals surface area contributed by atoms with Crippen LogP contribution in [0.1, 0.15) is 48.8 Å². The average molecular weight is 335 g/mol. The normalized spacial score (nSPS) is 22.5. The summed E-state index contributed by atoms with van der Waals surface area (Å²) in [4.78, 5) is 11.9. The van der Waals surface area contributed by atoms with E-state index < -0.39 is 9.84 Å². The molecule has 0 spiro atoms. The van der Waals surface area contributed by atoms with E-state index in [-0.39, 0.29) is 23.5 Å². The number of fused-ring (bicyclic) bond motifs is 1. The van der Waals surface area contributed by atoms with Gasteiger partial charge < -0.3 is 5.32 Å². The molecule has 126 valence electrons. The summed E-state index contributed by atoms with van der Waals surface area (Å²) in [6.45, 7) is 0. The molecule has 1 saturated heterocycles. The predicted molar refractivity (Wildman–Crippen MR) is 91.2 cm³/mol. The standard InChI is InChI=1S/C18H25NO3S/c20-18(19-17-10-11-23(21,22)13-17)7-3-4-14-8-9-15-5-1-2-6-16(15)12-14/h8-9,12,17H,1-7,10-11,13H2,(H,19,20). The molecular weight excluding hydrogens is 310 g/mol. The first-order chi connectivity index (χ1) is 11.0. The average Bonchev–Trinajstić information content (AvgIpc) is 2.86. The lowest BCUT2D eigenvalue weighted by Crippen LogP contribution is -2.35. The molecule has 2 aliphatic rings. The molecule has 1 fully saturated rings. The van der Waals surface area contributed by atoms with Crippen molar-refractivity contribution in [2.75, 3.05) is 11.5 Å². The monoisotopic (exact) mass is 335 g/mol. The summed E-state index contributed by atoms with van der Waals surface area (Å²) in [6, 6.07) is 6.55. The van der Waals surface area contributed by atoms with Gasteiger partial charge in [0.1, 0.15) is 0 Å².